The number of carboxylic acid groups (broad SMARTS) is 1. The predicted molar refractivity (Wildman–Crippen MR) is 75.6 cm³/mol. The number of hydrogen-bond donors (Lipinski definition) is 1. The van der Waals surface area contributed by atoms with Gasteiger partial charge in [-0.25, -0.2) is 4.79 Å². The summed E-state index contributed by atoms with van der Waals surface area (Å²) in [5, 5.41) is 17.0. The Bertz CT molecular complexity index is 591. The van der Waals surface area contributed by atoms with E-state index in [9.17, 15) is 9.59 Å². The van der Waals surface area contributed by atoms with Crippen molar-refractivity contribution in [2.45, 2.75) is 32.6 Å². The van der Waals surface area contributed by atoms with Crippen LogP contribution < -0.4 is 0 Å². The smallest absolute Gasteiger partial charge is 0.331 e. The summed E-state index contributed by atoms with van der Waals surface area (Å²) in [6.45, 7) is 4.23. The van der Waals surface area contributed by atoms with E-state index in [0.717, 1.165) is 18.7 Å². The molecule has 7 heteroatoms. The van der Waals surface area contributed by atoms with Crippen LogP contribution in [0.5, 0.6) is 0 Å². The van der Waals surface area contributed by atoms with E-state index < -0.39 is 5.97 Å². The monoisotopic (exact) mass is 292 g/mol. The molecule has 0 aromatic carbocycles. The van der Waals surface area contributed by atoms with Gasteiger partial charge in [0.25, 0.3) is 0 Å². The summed E-state index contributed by atoms with van der Waals surface area (Å²) in [5.74, 6) is -0.248. The highest BCUT2D eigenvalue weighted by Crippen LogP contribution is 2.26. The Morgan fingerprint density at radius 1 is 1.33 bits per heavy atom. The molecule has 0 bridgehead atoms. The average Bonchev–Trinajstić information content (AvgIpc) is 2.91. The molecule has 2 heterocycles. The number of carbonyl (C=O) groups excluding carboxylic acids is 1. The van der Waals surface area contributed by atoms with E-state index in [1.165, 1.54) is 6.92 Å². The van der Waals surface area contributed by atoms with E-state index in [0.29, 0.717) is 18.7 Å². The molecule has 21 heavy (non-hydrogen) atoms. The average molecular weight is 292 g/mol. The van der Waals surface area contributed by atoms with Gasteiger partial charge >= 0.3 is 5.97 Å². The molecule has 1 aliphatic heterocycles. The Morgan fingerprint density at radius 2 is 2.05 bits per heavy atom. The van der Waals surface area contributed by atoms with Gasteiger partial charge in [-0.1, -0.05) is 0 Å². The van der Waals surface area contributed by atoms with E-state index in [2.05, 4.69) is 10.2 Å². The van der Waals surface area contributed by atoms with E-state index in [4.69, 9.17) is 5.11 Å². The zero-order valence-electron chi connectivity index (χ0n) is 12.5. The first-order valence-electron chi connectivity index (χ1n) is 6.95. The summed E-state index contributed by atoms with van der Waals surface area (Å²) in [5.41, 5.74) is 0.391. The molecule has 1 amide bonds. The van der Waals surface area contributed by atoms with Crippen LogP contribution in [-0.2, 0) is 16.6 Å². The number of piperidine rings is 1. The zero-order valence-corrected chi connectivity index (χ0v) is 12.5. The minimum Gasteiger partial charge on any atom is -0.478 e. The number of aliphatic carboxylic acids is 1. The van der Waals surface area contributed by atoms with E-state index in [1.807, 2.05) is 11.6 Å². The van der Waals surface area contributed by atoms with Gasteiger partial charge in [0.15, 0.2) is 0 Å². The largest absolute Gasteiger partial charge is 0.478 e. The lowest BCUT2D eigenvalue weighted by molar-refractivity contribution is -0.134. The Kier molecular flexibility index (Phi) is 4.40. The SMILES string of the molecule is CC(C(=O)O)=C(C)C(=O)N1CCCC(c2nncn2C)C1. The third-order valence-corrected chi connectivity index (χ3v) is 4.02. The fourth-order valence-electron chi connectivity index (χ4n) is 2.59. The minimum absolute atomic E-state index is 0.0979. The molecule has 1 fully saturated rings. The molecule has 1 aliphatic rings. The number of carbonyl (C=O) groups is 2. The number of nitrogens with zero attached hydrogens (tertiary/aromatic N) is 4. The first-order chi connectivity index (χ1) is 9.91. The molecule has 0 saturated carbocycles. The molecular weight excluding hydrogens is 272 g/mol. The minimum atomic E-state index is -1.05. The molecule has 114 valence electrons. The number of hydrogen-bond acceptors (Lipinski definition) is 4. The Morgan fingerprint density at radius 3 is 2.62 bits per heavy atom. The highest BCUT2D eigenvalue weighted by molar-refractivity contribution is 6.01. The van der Waals surface area contributed by atoms with Gasteiger partial charge in [-0.3, -0.25) is 4.79 Å². The topological polar surface area (TPSA) is 88.3 Å². The molecule has 7 nitrogen and oxygen atoms in total. The summed E-state index contributed by atoms with van der Waals surface area (Å²) in [4.78, 5) is 25.1. The van der Waals surface area contributed by atoms with Crippen LogP contribution in [0.15, 0.2) is 17.5 Å². The number of rotatable bonds is 3. The van der Waals surface area contributed by atoms with Crippen molar-refractivity contribution in [3.63, 3.8) is 0 Å². The second-order valence-electron chi connectivity index (χ2n) is 5.45. The molecular formula is C14H20N4O3. The van der Waals surface area contributed by atoms with Gasteiger partial charge < -0.3 is 14.6 Å². The molecule has 1 unspecified atom stereocenters. The lowest BCUT2D eigenvalue weighted by Gasteiger charge is -2.32. The normalized spacial score (nSPS) is 20.1. The number of amides is 1. The van der Waals surface area contributed by atoms with E-state index in [-0.39, 0.29) is 17.4 Å². The van der Waals surface area contributed by atoms with Crippen LogP contribution in [0.3, 0.4) is 0 Å². The van der Waals surface area contributed by atoms with Crippen molar-refractivity contribution in [3.8, 4) is 0 Å². The molecule has 0 aliphatic carbocycles. The van der Waals surface area contributed by atoms with E-state index >= 15 is 0 Å². The van der Waals surface area contributed by atoms with Crippen LogP contribution in [0.2, 0.25) is 0 Å². The second kappa shape index (κ2) is 6.07. The fraction of sp³-hybridized carbons (Fsp3) is 0.571. The van der Waals surface area contributed by atoms with Gasteiger partial charge in [-0.05, 0) is 26.7 Å². The maximum atomic E-state index is 12.4. The van der Waals surface area contributed by atoms with Crippen LogP contribution in [0.25, 0.3) is 0 Å². The second-order valence-corrected chi connectivity index (χ2v) is 5.45. The van der Waals surface area contributed by atoms with Gasteiger partial charge in [-0.2, -0.15) is 0 Å². The number of aromatic nitrogens is 3. The van der Waals surface area contributed by atoms with Gasteiger partial charge in [-0.15, -0.1) is 10.2 Å². The summed E-state index contributed by atoms with van der Waals surface area (Å²) < 4.78 is 1.86. The Labute approximate surface area is 123 Å². The van der Waals surface area contributed by atoms with Crippen molar-refractivity contribution in [2.75, 3.05) is 13.1 Å². The highest BCUT2D eigenvalue weighted by Gasteiger charge is 2.28. The predicted octanol–water partition coefficient (Wildman–Crippen LogP) is 0.942. The summed E-state index contributed by atoms with van der Waals surface area (Å²) in [6.07, 6.45) is 3.48. The molecule has 1 atom stereocenters. The van der Waals surface area contributed by atoms with Gasteiger partial charge in [0, 0.05) is 37.2 Å². The van der Waals surface area contributed by atoms with Crippen molar-refractivity contribution in [3.05, 3.63) is 23.3 Å². The van der Waals surface area contributed by atoms with Crippen molar-refractivity contribution >= 4 is 11.9 Å². The number of carboxylic acids is 1. The summed E-state index contributed by atoms with van der Waals surface area (Å²) in [7, 11) is 1.88. The Hall–Kier alpha value is -2.18. The standard InChI is InChI=1S/C14H20N4O3/c1-9(10(2)14(20)21)13(19)18-6-4-5-11(7-18)12-16-15-8-17(12)3/h8,11H,4-7H2,1-3H3,(H,20,21). The van der Waals surface area contributed by atoms with Crippen LogP contribution in [0.4, 0.5) is 0 Å². The molecule has 1 aromatic heterocycles. The van der Waals surface area contributed by atoms with Crippen LogP contribution in [0.1, 0.15) is 38.4 Å². The molecule has 0 radical (unpaired) electrons. The molecule has 2 rings (SSSR count). The fourth-order valence-corrected chi connectivity index (χ4v) is 2.59. The van der Waals surface area contributed by atoms with Crippen LogP contribution in [-0.4, -0.2) is 49.7 Å². The third kappa shape index (κ3) is 3.12. The van der Waals surface area contributed by atoms with Crippen molar-refractivity contribution < 1.29 is 14.7 Å². The first kappa shape index (κ1) is 15.2. The maximum absolute atomic E-state index is 12.4. The van der Waals surface area contributed by atoms with Crippen LogP contribution in [0, 0.1) is 0 Å². The highest BCUT2D eigenvalue weighted by atomic mass is 16.4. The van der Waals surface area contributed by atoms with Gasteiger partial charge in [0.1, 0.15) is 12.2 Å². The quantitative estimate of drug-likeness (QED) is 0.838. The van der Waals surface area contributed by atoms with E-state index in [1.54, 1.807) is 18.2 Å². The third-order valence-electron chi connectivity index (χ3n) is 4.02. The van der Waals surface area contributed by atoms with Crippen molar-refractivity contribution in [1.29, 1.82) is 0 Å². The molecule has 0 spiro atoms. The Balaban J connectivity index is 2.15. The van der Waals surface area contributed by atoms with Gasteiger partial charge in [0.2, 0.25) is 5.91 Å². The first-order valence-corrected chi connectivity index (χ1v) is 6.95. The van der Waals surface area contributed by atoms with Crippen molar-refractivity contribution in [2.24, 2.45) is 7.05 Å². The van der Waals surface area contributed by atoms with Gasteiger partial charge in [0.05, 0.1) is 0 Å². The zero-order chi connectivity index (χ0) is 15.6. The summed E-state index contributed by atoms with van der Waals surface area (Å²) in [6, 6.07) is 0. The molecule has 1 saturated heterocycles. The summed E-state index contributed by atoms with van der Waals surface area (Å²) >= 11 is 0. The number of likely N-dealkylation sites (tertiary alicyclic amines) is 1. The van der Waals surface area contributed by atoms with Crippen molar-refractivity contribution in [1.82, 2.24) is 19.7 Å². The maximum Gasteiger partial charge on any atom is 0.331 e. The lowest BCUT2D eigenvalue weighted by Crippen LogP contribution is -2.40. The molecule has 1 aromatic rings. The molecule has 1 N–H and O–H groups in total. The lowest BCUT2D eigenvalue weighted by atomic mass is 9.96. The number of aryl methyl sites for hydroxylation is 1. The van der Waals surface area contributed by atoms with Crippen LogP contribution >= 0.6 is 0 Å².